The van der Waals surface area contributed by atoms with Crippen LogP contribution in [0.2, 0.25) is 0 Å². The molecule has 196 valence electrons. The van der Waals surface area contributed by atoms with Crippen molar-refractivity contribution in [2.24, 2.45) is 0 Å². The molecule has 11 heteroatoms. The summed E-state index contributed by atoms with van der Waals surface area (Å²) in [5.41, 5.74) is 2.66. The molecule has 3 aromatic heterocycles. The number of rotatable bonds is 7. The first-order chi connectivity index (χ1) is 18.4. The first-order valence-corrected chi connectivity index (χ1v) is 13.2. The third kappa shape index (κ3) is 6.25. The molecule has 0 fully saturated rings. The number of benzene rings is 2. The van der Waals surface area contributed by atoms with E-state index in [9.17, 15) is 13.2 Å². The third-order valence-electron chi connectivity index (χ3n) is 5.49. The van der Waals surface area contributed by atoms with Crippen LogP contribution in [-0.2, 0) is 12.8 Å². The molecule has 5 rings (SSSR count). The van der Waals surface area contributed by atoms with Crippen molar-refractivity contribution in [1.29, 1.82) is 0 Å². The van der Waals surface area contributed by atoms with Crippen molar-refractivity contribution >= 4 is 23.1 Å². The first kappa shape index (κ1) is 27.4. The van der Waals surface area contributed by atoms with Crippen molar-refractivity contribution in [3.8, 4) is 33.1 Å². The van der Waals surface area contributed by atoms with Crippen LogP contribution in [0.15, 0.2) is 95.5 Å². The SMILES string of the molecule is CSc1cccc(-c2csc(-c3cc(C(F)(F)F)nn3-c3ccccc3OCc3ccncc3)c2)c1.OO. The second-order valence-electron chi connectivity index (χ2n) is 7.87. The molecule has 2 N–H and O–H groups in total. The number of hydrogen-bond acceptors (Lipinski definition) is 7. The van der Waals surface area contributed by atoms with E-state index >= 15 is 0 Å². The number of para-hydroxylation sites is 2. The predicted octanol–water partition coefficient (Wildman–Crippen LogP) is 8.00. The Morgan fingerprint density at radius 2 is 1.71 bits per heavy atom. The summed E-state index contributed by atoms with van der Waals surface area (Å²) in [6.07, 6.45) is 0.743. The number of thioether (sulfide) groups is 1. The lowest BCUT2D eigenvalue weighted by atomic mass is 10.1. The molecular formula is C27H22F3N3O3S2. The highest BCUT2D eigenvalue weighted by Gasteiger charge is 2.35. The highest BCUT2D eigenvalue weighted by Crippen LogP contribution is 2.39. The van der Waals surface area contributed by atoms with Crippen molar-refractivity contribution < 1.29 is 28.4 Å². The Labute approximate surface area is 224 Å². The molecule has 0 atom stereocenters. The van der Waals surface area contributed by atoms with Crippen molar-refractivity contribution in [1.82, 2.24) is 14.8 Å². The summed E-state index contributed by atoms with van der Waals surface area (Å²) >= 11 is 3.02. The highest BCUT2D eigenvalue weighted by molar-refractivity contribution is 7.98. The topological polar surface area (TPSA) is 80.4 Å². The van der Waals surface area contributed by atoms with E-state index in [4.69, 9.17) is 15.3 Å². The van der Waals surface area contributed by atoms with Gasteiger partial charge in [-0.15, -0.1) is 23.1 Å². The molecule has 0 amide bonds. The zero-order valence-electron chi connectivity index (χ0n) is 20.0. The van der Waals surface area contributed by atoms with Crippen LogP contribution < -0.4 is 4.74 Å². The van der Waals surface area contributed by atoms with Crippen LogP contribution >= 0.6 is 23.1 Å². The molecule has 0 unspecified atom stereocenters. The van der Waals surface area contributed by atoms with E-state index in [1.807, 2.05) is 48.0 Å². The lowest BCUT2D eigenvalue weighted by Crippen LogP contribution is -2.08. The maximum absolute atomic E-state index is 13.7. The maximum atomic E-state index is 13.7. The second kappa shape index (κ2) is 12.3. The summed E-state index contributed by atoms with van der Waals surface area (Å²) in [5, 5.41) is 17.9. The monoisotopic (exact) mass is 557 g/mol. The van der Waals surface area contributed by atoms with Gasteiger partial charge in [-0.25, -0.2) is 4.68 Å². The van der Waals surface area contributed by atoms with Crippen LogP contribution in [0.1, 0.15) is 11.3 Å². The molecule has 6 nitrogen and oxygen atoms in total. The van der Waals surface area contributed by atoms with Crippen molar-refractivity contribution in [2.75, 3.05) is 6.26 Å². The zero-order chi connectivity index (χ0) is 27.1. The van der Waals surface area contributed by atoms with Crippen LogP contribution in [0.25, 0.3) is 27.4 Å². The molecule has 0 bridgehead atoms. The Kier molecular flexibility index (Phi) is 8.85. The Morgan fingerprint density at radius 3 is 2.45 bits per heavy atom. The standard InChI is InChI=1S/C27H20F3N3OS2.H2O2/c1-35-21-6-4-5-19(13-21)20-14-25(36-17-20)23-15-26(27(28,29)30)32-33(23)22-7-2-3-8-24(22)34-16-18-9-11-31-12-10-18;1-2/h2-15,17H,16H2,1H3;1-2H. The number of halogens is 3. The summed E-state index contributed by atoms with van der Waals surface area (Å²) in [7, 11) is 0. The molecule has 38 heavy (non-hydrogen) atoms. The molecule has 0 radical (unpaired) electrons. The summed E-state index contributed by atoms with van der Waals surface area (Å²) in [5.74, 6) is 0.428. The Hall–Kier alpha value is -3.64. The fourth-order valence-electron chi connectivity index (χ4n) is 3.70. The van der Waals surface area contributed by atoms with E-state index in [2.05, 4.69) is 16.1 Å². The van der Waals surface area contributed by atoms with Crippen molar-refractivity contribution in [2.45, 2.75) is 17.7 Å². The quantitative estimate of drug-likeness (QED) is 0.120. The number of ether oxygens (including phenoxy) is 1. The maximum Gasteiger partial charge on any atom is 0.435 e. The van der Waals surface area contributed by atoms with Gasteiger partial charge >= 0.3 is 6.18 Å². The molecule has 3 heterocycles. The van der Waals surface area contributed by atoms with Gasteiger partial charge in [0.15, 0.2) is 5.69 Å². The van der Waals surface area contributed by atoms with Crippen LogP contribution in [0.4, 0.5) is 13.2 Å². The normalized spacial score (nSPS) is 11.1. The minimum Gasteiger partial charge on any atom is -0.487 e. The van der Waals surface area contributed by atoms with Gasteiger partial charge in [-0.1, -0.05) is 24.3 Å². The first-order valence-electron chi connectivity index (χ1n) is 11.1. The van der Waals surface area contributed by atoms with E-state index in [0.717, 1.165) is 27.7 Å². The summed E-state index contributed by atoms with van der Waals surface area (Å²) < 4.78 is 48.5. The van der Waals surface area contributed by atoms with Crippen LogP contribution in [0.5, 0.6) is 5.75 Å². The number of aromatic nitrogens is 3. The average molecular weight is 558 g/mol. The minimum atomic E-state index is -4.58. The van der Waals surface area contributed by atoms with Crippen LogP contribution in [0, 0.1) is 0 Å². The highest BCUT2D eigenvalue weighted by atomic mass is 32.2. The Balaban J connectivity index is 0.00000164. The van der Waals surface area contributed by atoms with E-state index in [0.29, 0.717) is 22.0 Å². The fraction of sp³-hybridized carbons (Fsp3) is 0.111. The number of pyridine rings is 1. The van der Waals surface area contributed by atoms with Crippen LogP contribution in [-0.4, -0.2) is 31.5 Å². The van der Waals surface area contributed by atoms with Gasteiger partial charge in [-0.3, -0.25) is 15.5 Å². The van der Waals surface area contributed by atoms with Gasteiger partial charge < -0.3 is 4.74 Å². The molecule has 0 aliphatic carbocycles. The predicted molar refractivity (Wildman–Crippen MR) is 143 cm³/mol. The molecular weight excluding hydrogens is 535 g/mol. The number of hydrogen-bond donors (Lipinski definition) is 2. The van der Waals surface area contributed by atoms with Gasteiger partial charge in [0.2, 0.25) is 0 Å². The third-order valence-corrected chi connectivity index (χ3v) is 7.17. The van der Waals surface area contributed by atoms with E-state index in [1.54, 1.807) is 48.4 Å². The number of nitrogens with zero attached hydrogens (tertiary/aromatic N) is 3. The molecule has 0 aliphatic heterocycles. The second-order valence-corrected chi connectivity index (χ2v) is 9.66. The molecule has 0 saturated carbocycles. The lowest BCUT2D eigenvalue weighted by molar-refractivity contribution is -0.176. The smallest absolute Gasteiger partial charge is 0.435 e. The zero-order valence-corrected chi connectivity index (χ0v) is 21.6. The van der Waals surface area contributed by atoms with Gasteiger partial charge in [0.25, 0.3) is 0 Å². The van der Waals surface area contributed by atoms with Crippen molar-refractivity contribution in [3.05, 3.63) is 102 Å². The summed E-state index contributed by atoms with van der Waals surface area (Å²) in [4.78, 5) is 5.78. The molecule has 0 spiro atoms. The molecule has 2 aromatic carbocycles. The van der Waals surface area contributed by atoms with Gasteiger partial charge in [0.1, 0.15) is 18.0 Å². The Bertz CT molecular complexity index is 1490. The molecule has 0 aliphatic rings. The lowest BCUT2D eigenvalue weighted by Gasteiger charge is -2.13. The van der Waals surface area contributed by atoms with E-state index in [1.165, 1.54) is 16.0 Å². The number of alkyl halides is 3. The average Bonchev–Trinajstić information content (AvgIpc) is 3.62. The Morgan fingerprint density at radius 1 is 0.947 bits per heavy atom. The molecule has 5 aromatic rings. The molecule has 0 saturated heterocycles. The summed E-state index contributed by atoms with van der Waals surface area (Å²) in [6.45, 7) is 0.247. The summed E-state index contributed by atoms with van der Waals surface area (Å²) in [6, 6.07) is 21.7. The minimum absolute atomic E-state index is 0.247. The van der Waals surface area contributed by atoms with E-state index < -0.39 is 11.9 Å². The largest absolute Gasteiger partial charge is 0.487 e. The van der Waals surface area contributed by atoms with Gasteiger partial charge in [0, 0.05) is 17.3 Å². The van der Waals surface area contributed by atoms with Gasteiger partial charge in [-0.2, -0.15) is 18.3 Å². The van der Waals surface area contributed by atoms with Crippen molar-refractivity contribution in [3.63, 3.8) is 0 Å². The number of thiophene rings is 1. The van der Waals surface area contributed by atoms with Gasteiger partial charge in [0.05, 0.1) is 10.6 Å². The van der Waals surface area contributed by atoms with Crippen LogP contribution in [0.3, 0.4) is 0 Å². The van der Waals surface area contributed by atoms with Gasteiger partial charge in [-0.05, 0) is 76.9 Å². The fourth-order valence-corrected chi connectivity index (χ4v) is 5.08. The van der Waals surface area contributed by atoms with E-state index in [-0.39, 0.29) is 6.61 Å².